The Hall–Kier alpha value is -3.02. The molecule has 0 spiro atoms. The van der Waals surface area contributed by atoms with Gasteiger partial charge in [-0.2, -0.15) is 5.10 Å². The van der Waals surface area contributed by atoms with Gasteiger partial charge in [0.25, 0.3) is 5.91 Å². The molecule has 6 heteroatoms. The molecule has 0 unspecified atom stereocenters. The highest BCUT2D eigenvalue weighted by Gasteiger charge is 2.07. The average Bonchev–Trinajstić information content (AvgIpc) is 3.02. The minimum Gasteiger partial charge on any atom is -0.321 e. The molecule has 0 aliphatic rings. The van der Waals surface area contributed by atoms with Crippen LogP contribution in [0.1, 0.15) is 10.4 Å². The highest BCUT2D eigenvalue weighted by atomic mass is 19.1. The minimum absolute atomic E-state index is 0.256. The van der Waals surface area contributed by atoms with Gasteiger partial charge in [0, 0.05) is 18.0 Å². The van der Waals surface area contributed by atoms with Gasteiger partial charge in [0.2, 0.25) is 0 Å². The molecule has 1 aromatic carbocycles. The Balaban J connectivity index is 1.75. The third kappa shape index (κ3) is 2.94. The van der Waals surface area contributed by atoms with Gasteiger partial charge in [-0.1, -0.05) is 6.07 Å². The number of nitrogens with zero attached hydrogens (tertiary/aromatic N) is 3. The Bertz CT molecular complexity index is 754. The van der Waals surface area contributed by atoms with Crippen molar-refractivity contribution in [1.29, 1.82) is 0 Å². The topological polar surface area (TPSA) is 59.8 Å². The molecule has 0 fully saturated rings. The Labute approximate surface area is 120 Å². The van der Waals surface area contributed by atoms with E-state index in [0.29, 0.717) is 11.5 Å². The lowest BCUT2D eigenvalue weighted by Crippen LogP contribution is -2.12. The van der Waals surface area contributed by atoms with E-state index in [0.717, 1.165) is 0 Å². The zero-order valence-electron chi connectivity index (χ0n) is 10.9. The van der Waals surface area contributed by atoms with Crippen molar-refractivity contribution in [2.45, 2.75) is 0 Å². The van der Waals surface area contributed by atoms with Gasteiger partial charge >= 0.3 is 0 Å². The van der Waals surface area contributed by atoms with E-state index in [4.69, 9.17) is 0 Å². The van der Waals surface area contributed by atoms with Gasteiger partial charge in [-0.25, -0.2) is 14.1 Å². The fourth-order valence-electron chi connectivity index (χ4n) is 1.83. The van der Waals surface area contributed by atoms with Crippen LogP contribution in [-0.4, -0.2) is 20.7 Å². The number of hydrogen-bond acceptors (Lipinski definition) is 3. The van der Waals surface area contributed by atoms with Crippen LogP contribution in [0.15, 0.2) is 61.1 Å². The number of carbonyl (C=O) groups excluding carboxylic acids is 1. The lowest BCUT2D eigenvalue weighted by atomic mass is 10.2. The van der Waals surface area contributed by atoms with E-state index in [1.807, 2.05) is 0 Å². The SMILES string of the molecule is O=C(Nc1ccc(-n2cccn2)nc1)c1cccc(F)c1. The second-order valence-electron chi connectivity index (χ2n) is 4.32. The molecule has 3 rings (SSSR count). The molecule has 0 aliphatic heterocycles. The summed E-state index contributed by atoms with van der Waals surface area (Å²) in [5.41, 5.74) is 0.784. The summed E-state index contributed by atoms with van der Waals surface area (Å²) in [6.45, 7) is 0. The van der Waals surface area contributed by atoms with E-state index in [9.17, 15) is 9.18 Å². The van der Waals surface area contributed by atoms with Crippen LogP contribution in [0.4, 0.5) is 10.1 Å². The standard InChI is InChI=1S/C15H11FN4O/c16-12-4-1-3-11(9-12)15(21)19-13-5-6-14(17-10-13)20-8-2-7-18-20/h1-10H,(H,19,21). The van der Waals surface area contributed by atoms with Crippen molar-refractivity contribution in [2.75, 3.05) is 5.32 Å². The summed E-state index contributed by atoms with van der Waals surface area (Å²) in [6, 6.07) is 10.7. The molecule has 0 atom stereocenters. The smallest absolute Gasteiger partial charge is 0.255 e. The molecule has 0 aliphatic carbocycles. The van der Waals surface area contributed by atoms with Crippen molar-refractivity contribution in [3.63, 3.8) is 0 Å². The largest absolute Gasteiger partial charge is 0.321 e. The van der Waals surface area contributed by atoms with Crippen LogP contribution in [0.5, 0.6) is 0 Å². The molecule has 104 valence electrons. The summed E-state index contributed by atoms with van der Waals surface area (Å²) >= 11 is 0. The highest BCUT2D eigenvalue weighted by molar-refractivity contribution is 6.04. The molecule has 2 aromatic heterocycles. The average molecular weight is 282 g/mol. The molecule has 3 aromatic rings. The van der Waals surface area contributed by atoms with Crippen LogP contribution in [0.2, 0.25) is 0 Å². The number of rotatable bonds is 3. The highest BCUT2D eigenvalue weighted by Crippen LogP contribution is 2.11. The first kappa shape index (κ1) is 13.0. The van der Waals surface area contributed by atoms with Crippen LogP contribution in [0.3, 0.4) is 0 Å². The van der Waals surface area contributed by atoms with Gasteiger partial charge in [-0.05, 0) is 36.4 Å². The van der Waals surface area contributed by atoms with Crippen molar-refractivity contribution >= 4 is 11.6 Å². The van der Waals surface area contributed by atoms with Crippen molar-refractivity contribution in [1.82, 2.24) is 14.8 Å². The van der Waals surface area contributed by atoms with E-state index in [1.165, 1.54) is 24.4 Å². The van der Waals surface area contributed by atoms with Crippen LogP contribution < -0.4 is 5.32 Å². The van der Waals surface area contributed by atoms with Crippen LogP contribution >= 0.6 is 0 Å². The number of amides is 1. The molecular weight excluding hydrogens is 271 g/mol. The molecular formula is C15H11FN4O. The number of nitrogens with one attached hydrogen (secondary N) is 1. The van der Waals surface area contributed by atoms with E-state index < -0.39 is 5.82 Å². The summed E-state index contributed by atoms with van der Waals surface area (Å²) in [5, 5.41) is 6.72. The van der Waals surface area contributed by atoms with Gasteiger partial charge in [0.1, 0.15) is 5.82 Å². The first-order chi connectivity index (χ1) is 10.2. The van der Waals surface area contributed by atoms with Crippen molar-refractivity contribution < 1.29 is 9.18 Å². The summed E-state index contributed by atoms with van der Waals surface area (Å²) in [4.78, 5) is 16.2. The van der Waals surface area contributed by atoms with E-state index in [-0.39, 0.29) is 11.5 Å². The molecule has 2 heterocycles. The van der Waals surface area contributed by atoms with Gasteiger partial charge in [-0.15, -0.1) is 0 Å². The zero-order chi connectivity index (χ0) is 14.7. The van der Waals surface area contributed by atoms with Gasteiger partial charge < -0.3 is 5.32 Å². The molecule has 0 saturated heterocycles. The summed E-state index contributed by atoms with van der Waals surface area (Å²) < 4.78 is 14.7. The van der Waals surface area contributed by atoms with Crippen LogP contribution in [0, 0.1) is 5.82 Å². The van der Waals surface area contributed by atoms with E-state index >= 15 is 0 Å². The number of aromatic nitrogens is 3. The fourth-order valence-corrected chi connectivity index (χ4v) is 1.83. The summed E-state index contributed by atoms with van der Waals surface area (Å²) in [5.74, 6) is -0.193. The molecule has 21 heavy (non-hydrogen) atoms. The van der Waals surface area contributed by atoms with Gasteiger partial charge in [0.05, 0.1) is 11.9 Å². The van der Waals surface area contributed by atoms with Crippen molar-refractivity contribution in [2.24, 2.45) is 0 Å². The van der Waals surface area contributed by atoms with Crippen molar-refractivity contribution in [3.05, 3.63) is 72.4 Å². The zero-order valence-corrected chi connectivity index (χ0v) is 10.9. The monoisotopic (exact) mass is 282 g/mol. The van der Waals surface area contributed by atoms with Crippen molar-refractivity contribution in [3.8, 4) is 5.82 Å². The second kappa shape index (κ2) is 5.54. The quantitative estimate of drug-likeness (QED) is 0.803. The molecule has 1 N–H and O–H groups in total. The predicted molar refractivity (Wildman–Crippen MR) is 75.7 cm³/mol. The normalized spacial score (nSPS) is 10.3. The Morgan fingerprint density at radius 1 is 1.19 bits per heavy atom. The fraction of sp³-hybridized carbons (Fsp3) is 0. The molecule has 0 radical (unpaired) electrons. The van der Waals surface area contributed by atoms with Crippen LogP contribution in [0.25, 0.3) is 5.82 Å². The van der Waals surface area contributed by atoms with Crippen LogP contribution in [-0.2, 0) is 0 Å². The Kier molecular flexibility index (Phi) is 3.42. The lowest BCUT2D eigenvalue weighted by molar-refractivity contribution is 0.102. The summed E-state index contributed by atoms with van der Waals surface area (Å²) in [6.07, 6.45) is 4.95. The lowest BCUT2D eigenvalue weighted by Gasteiger charge is -2.06. The van der Waals surface area contributed by atoms with E-state index in [1.54, 1.807) is 41.3 Å². The number of pyridine rings is 1. The molecule has 5 nitrogen and oxygen atoms in total. The number of halogens is 1. The third-order valence-electron chi connectivity index (χ3n) is 2.83. The maximum absolute atomic E-state index is 13.1. The Morgan fingerprint density at radius 2 is 2.10 bits per heavy atom. The Morgan fingerprint density at radius 3 is 2.76 bits per heavy atom. The maximum atomic E-state index is 13.1. The minimum atomic E-state index is -0.449. The third-order valence-corrected chi connectivity index (χ3v) is 2.83. The number of anilines is 1. The molecule has 1 amide bonds. The first-order valence-electron chi connectivity index (χ1n) is 6.25. The maximum Gasteiger partial charge on any atom is 0.255 e. The second-order valence-corrected chi connectivity index (χ2v) is 4.32. The first-order valence-corrected chi connectivity index (χ1v) is 6.25. The molecule has 0 bridgehead atoms. The summed E-state index contributed by atoms with van der Waals surface area (Å²) in [7, 11) is 0. The number of benzene rings is 1. The molecule has 0 saturated carbocycles. The number of carbonyl (C=O) groups is 1. The van der Waals surface area contributed by atoms with Gasteiger partial charge in [0.15, 0.2) is 5.82 Å². The van der Waals surface area contributed by atoms with Gasteiger partial charge in [-0.3, -0.25) is 4.79 Å². The van der Waals surface area contributed by atoms with E-state index in [2.05, 4.69) is 15.4 Å². The predicted octanol–water partition coefficient (Wildman–Crippen LogP) is 2.66. The number of hydrogen-bond donors (Lipinski definition) is 1.